The number of fused-ring (bicyclic) bond motifs is 1. The second-order valence-corrected chi connectivity index (χ2v) is 5.79. The number of hydrogen-bond acceptors (Lipinski definition) is 5. The van der Waals surface area contributed by atoms with E-state index in [0.29, 0.717) is 10.9 Å². The number of imidazole rings is 1. The summed E-state index contributed by atoms with van der Waals surface area (Å²) in [5.41, 5.74) is 3.29. The molecule has 0 amide bonds. The normalized spacial score (nSPS) is 10.8. The van der Waals surface area contributed by atoms with Gasteiger partial charge in [-0.3, -0.25) is 0 Å². The van der Waals surface area contributed by atoms with Crippen molar-refractivity contribution in [3.05, 3.63) is 65.9 Å². The zero-order valence-corrected chi connectivity index (χ0v) is 14.1. The second-order valence-electron chi connectivity index (χ2n) is 5.36. The Bertz CT molecular complexity index is 1030. The topological polar surface area (TPSA) is 64.3 Å². The number of hydrogen-bond donors (Lipinski definition) is 1. The van der Waals surface area contributed by atoms with Crippen LogP contribution in [0.15, 0.2) is 60.9 Å². The molecule has 1 N–H and O–H groups in total. The van der Waals surface area contributed by atoms with E-state index in [-0.39, 0.29) is 0 Å². The van der Waals surface area contributed by atoms with Gasteiger partial charge in [0.15, 0.2) is 11.5 Å². The highest BCUT2D eigenvalue weighted by atomic mass is 35.5. The summed E-state index contributed by atoms with van der Waals surface area (Å²) in [6.07, 6.45) is 3.47. The van der Waals surface area contributed by atoms with Crippen molar-refractivity contribution in [2.24, 2.45) is 0 Å². The van der Waals surface area contributed by atoms with Crippen molar-refractivity contribution in [2.75, 3.05) is 12.4 Å². The molecule has 0 saturated heterocycles. The van der Waals surface area contributed by atoms with E-state index in [2.05, 4.69) is 20.4 Å². The van der Waals surface area contributed by atoms with Gasteiger partial charge in [-0.15, -0.1) is 0 Å². The summed E-state index contributed by atoms with van der Waals surface area (Å²) < 4.78 is 6.84. The summed E-state index contributed by atoms with van der Waals surface area (Å²) in [6.45, 7) is 0. The number of benzene rings is 1. The number of ether oxygens (including phenoxy) is 1. The summed E-state index contributed by atoms with van der Waals surface area (Å²) in [5.74, 6) is 1.32. The van der Waals surface area contributed by atoms with Crippen LogP contribution in [0.4, 0.5) is 11.5 Å². The molecule has 0 fully saturated rings. The average molecular weight is 352 g/mol. The highest BCUT2D eigenvalue weighted by Crippen LogP contribution is 2.23. The van der Waals surface area contributed by atoms with Crippen molar-refractivity contribution < 1.29 is 4.74 Å². The highest BCUT2D eigenvalue weighted by Gasteiger charge is 2.08. The van der Waals surface area contributed by atoms with Crippen molar-refractivity contribution in [3.8, 4) is 17.1 Å². The molecule has 0 aliphatic rings. The minimum absolute atomic E-state index is 0.566. The van der Waals surface area contributed by atoms with Crippen molar-refractivity contribution in [1.29, 1.82) is 0 Å². The lowest BCUT2D eigenvalue weighted by molar-refractivity contribution is 0.398. The number of aromatic nitrogens is 4. The monoisotopic (exact) mass is 351 g/mol. The van der Waals surface area contributed by atoms with Crippen LogP contribution >= 0.6 is 11.6 Å². The lowest BCUT2D eigenvalue weighted by atomic mass is 10.2. The van der Waals surface area contributed by atoms with Crippen LogP contribution in [0, 0.1) is 0 Å². The maximum absolute atomic E-state index is 6.04. The van der Waals surface area contributed by atoms with Crippen LogP contribution in [0.1, 0.15) is 0 Å². The van der Waals surface area contributed by atoms with Gasteiger partial charge >= 0.3 is 0 Å². The Kier molecular flexibility index (Phi) is 3.95. The number of methoxy groups -OCH3 is 1. The minimum Gasteiger partial charge on any atom is -0.481 e. The number of pyridine rings is 1. The van der Waals surface area contributed by atoms with Gasteiger partial charge in [-0.25, -0.2) is 9.97 Å². The fraction of sp³-hybridized carbons (Fsp3) is 0.0556. The van der Waals surface area contributed by atoms with Gasteiger partial charge < -0.3 is 10.1 Å². The van der Waals surface area contributed by atoms with Crippen molar-refractivity contribution in [1.82, 2.24) is 19.6 Å². The molecule has 0 aliphatic carbocycles. The number of nitrogens with zero attached hydrogens (tertiary/aromatic N) is 4. The lowest BCUT2D eigenvalue weighted by Gasteiger charge is -2.07. The van der Waals surface area contributed by atoms with E-state index in [1.165, 1.54) is 0 Å². The maximum Gasteiger partial charge on any atom is 0.212 e. The molecule has 0 atom stereocenters. The molecule has 25 heavy (non-hydrogen) atoms. The molecule has 124 valence electrons. The Morgan fingerprint density at radius 3 is 2.72 bits per heavy atom. The van der Waals surface area contributed by atoms with Crippen LogP contribution < -0.4 is 10.1 Å². The molecule has 3 heterocycles. The highest BCUT2D eigenvalue weighted by molar-refractivity contribution is 6.30. The van der Waals surface area contributed by atoms with Gasteiger partial charge in [-0.05, 0) is 36.4 Å². The summed E-state index contributed by atoms with van der Waals surface area (Å²) in [6, 6.07) is 15.0. The third-order valence-electron chi connectivity index (χ3n) is 3.70. The van der Waals surface area contributed by atoms with Gasteiger partial charge in [0.1, 0.15) is 0 Å². The van der Waals surface area contributed by atoms with Crippen LogP contribution in [-0.2, 0) is 0 Å². The molecule has 7 heteroatoms. The molecule has 0 aliphatic heterocycles. The van der Waals surface area contributed by atoms with Gasteiger partial charge in [-0.1, -0.05) is 17.7 Å². The first-order valence-corrected chi connectivity index (χ1v) is 7.98. The third kappa shape index (κ3) is 3.12. The van der Waals surface area contributed by atoms with Gasteiger partial charge in [-0.2, -0.15) is 9.61 Å². The Morgan fingerprint density at radius 1 is 1.04 bits per heavy atom. The van der Waals surface area contributed by atoms with Crippen LogP contribution in [0.5, 0.6) is 5.88 Å². The van der Waals surface area contributed by atoms with Crippen molar-refractivity contribution in [3.63, 3.8) is 0 Å². The van der Waals surface area contributed by atoms with Gasteiger partial charge in [0, 0.05) is 28.5 Å². The van der Waals surface area contributed by atoms with E-state index >= 15 is 0 Å². The Hall–Kier alpha value is -3.12. The summed E-state index contributed by atoms with van der Waals surface area (Å²) in [4.78, 5) is 8.59. The van der Waals surface area contributed by atoms with Crippen LogP contribution in [0.3, 0.4) is 0 Å². The Labute approximate surface area is 149 Å². The molecular formula is C18H14ClN5O. The first-order chi connectivity index (χ1) is 12.2. The predicted octanol–water partition coefficient (Wildman–Crippen LogP) is 4.20. The van der Waals surface area contributed by atoms with Gasteiger partial charge in [0.2, 0.25) is 5.88 Å². The zero-order valence-electron chi connectivity index (χ0n) is 13.3. The molecular weight excluding hydrogens is 338 g/mol. The van der Waals surface area contributed by atoms with Crippen LogP contribution in [-0.4, -0.2) is 26.7 Å². The first-order valence-electron chi connectivity index (χ1n) is 7.61. The molecule has 0 spiro atoms. The van der Waals surface area contributed by atoms with E-state index < -0.39 is 0 Å². The van der Waals surface area contributed by atoms with Gasteiger partial charge in [0.05, 0.1) is 19.0 Å². The van der Waals surface area contributed by atoms with E-state index in [1.807, 2.05) is 42.5 Å². The number of rotatable bonds is 4. The molecule has 0 bridgehead atoms. The van der Waals surface area contributed by atoms with Crippen molar-refractivity contribution in [2.45, 2.75) is 0 Å². The second kappa shape index (κ2) is 6.41. The number of nitrogens with one attached hydrogen (secondary N) is 1. The molecule has 0 unspecified atom stereocenters. The summed E-state index contributed by atoms with van der Waals surface area (Å²) in [7, 11) is 1.59. The molecule has 0 radical (unpaired) electrons. The van der Waals surface area contributed by atoms with Crippen LogP contribution in [0.2, 0.25) is 5.02 Å². The summed E-state index contributed by atoms with van der Waals surface area (Å²) >= 11 is 6.04. The van der Waals surface area contributed by atoms with E-state index in [9.17, 15) is 0 Å². The minimum atomic E-state index is 0.566. The maximum atomic E-state index is 6.04. The Balaban J connectivity index is 1.71. The molecule has 6 nitrogen and oxygen atoms in total. The lowest BCUT2D eigenvalue weighted by Crippen LogP contribution is -2.00. The molecule has 1 aromatic carbocycles. The summed E-state index contributed by atoms with van der Waals surface area (Å²) in [5, 5.41) is 8.60. The van der Waals surface area contributed by atoms with Crippen molar-refractivity contribution >= 4 is 28.8 Å². The largest absolute Gasteiger partial charge is 0.481 e. The molecule has 0 saturated carbocycles. The standard InChI is InChI=1S/C18H14ClN5O/c1-25-18-8-5-12(10-21-18)15-6-7-16-20-11-17(24(16)23-15)22-14-4-2-3-13(19)9-14/h2-11,22H,1H3. The molecule has 4 aromatic rings. The van der Waals surface area contributed by atoms with E-state index in [1.54, 1.807) is 30.1 Å². The average Bonchev–Trinajstić information content (AvgIpc) is 3.04. The number of anilines is 2. The number of halogens is 1. The SMILES string of the molecule is COc1ccc(-c2ccc3ncc(Nc4cccc(Cl)c4)n3n2)cn1. The Morgan fingerprint density at radius 2 is 1.96 bits per heavy atom. The fourth-order valence-electron chi connectivity index (χ4n) is 2.48. The zero-order chi connectivity index (χ0) is 17.2. The predicted molar refractivity (Wildman–Crippen MR) is 97.5 cm³/mol. The molecule has 3 aromatic heterocycles. The van der Waals surface area contributed by atoms with Crippen LogP contribution in [0.25, 0.3) is 16.9 Å². The smallest absolute Gasteiger partial charge is 0.212 e. The fourth-order valence-corrected chi connectivity index (χ4v) is 2.67. The van der Waals surface area contributed by atoms with E-state index in [0.717, 1.165) is 28.4 Å². The first kappa shape index (κ1) is 15.4. The molecule has 4 rings (SSSR count). The van der Waals surface area contributed by atoms with E-state index in [4.69, 9.17) is 16.3 Å². The quantitative estimate of drug-likeness (QED) is 0.597. The third-order valence-corrected chi connectivity index (χ3v) is 3.94. The van der Waals surface area contributed by atoms with Gasteiger partial charge in [0.25, 0.3) is 0 Å².